The molecule has 1 spiro atoms. The Kier molecular flexibility index (Phi) is 14.7. The number of piperazine rings is 1. The van der Waals surface area contributed by atoms with Gasteiger partial charge in [0, 0.05) is 97.2 Å². The Morgan fingerprint density at radius 2 is 1.52 bits per heavy atom. The van der Waals surface area contributed by atoms with Crippen LogP contribution < -0.4 is 14.9 Å². The van der Waals surface area contributed by atoms with Crippen LogP contribution in [0.15, 0.2) is 117 Å². The molecule has 4 aromatic carbocycles. The van der Waals surface area contributed by atoms with Crippen LogP contribution in [0.3, 0.4) is 0 Å². The van der Waals surface area contributed by atoms with Gasteiger partial charge in [-0.25, -0.2) is 30.3 Å². The highest BCUT2D eigenvalue weighted by Crippen LogP contribution is 2.68. The zero-order valence-electron chi connectivity index (χ0n) is 36.4. The molecule has 2 atom stereocenters. The molecule has 4 aliphatic rings. The van der Waals surface area contributed by atoms with Crippen LogP contribution in [0.1, 0.15) is 48.0 Å². The third-order valence-corrected chi connectivity index (χ3v) is 17.3. The predicted molar refractivity (Wildman–Crippen MR) is 250 cm³/mol. The van der Waals surface area contributed by atoms with Gasteiger partial charge in [-0.05, 0) is 104 Å². The van der Waals surface area contributed by atoms with Crippen LogP contribution in [0.4, 0.5) is 33.3 Å². The van der Waals surface area contributed by atoms with Gasteiger partial charge in [-0.3, -0.25) is 14.6 Å². The van der Waals surface area contributed by atoms with Crippen LogP contribution in [0.5, 0.6) is 0 Å². The fraction of sp³-hybridized carbons (Fsp3) is 0.426. The number of anilines is 2. The van der Waals surface area contributed by atoms with Crippen molar-refractivity contribution in [2.45, 2.75) is 64.3 Å². The summed E-state index contributed by atoms with van der Waals surface area (Å²) < 4.78 is 132. The lowest BCUT2D eigenvalue weighted by Crippen LogP contribution is -2.47. The fourth-order valence-corrected chi connectivity index (χ4v) is 12.2. The molecule has 2 aliphatic carbocycles. The van der Waals surface area contributed by atoms with Crippen molar-refractivity contribution >= 4 is 66.1 Å². The third kappa shape index (κ3) is 11.5. The van der Waals surface area contributed by atoms with Crippen LogP contribution in [0.2, 0.25) is 5.02 Å². The molecule has 8 rings (SSSR count). The molecular formula is C47H51ClF5N5O6S3. The summed E-state index contributed by atoms with van der Waals surface area (Å²) in [5, 5.41) is 3.58. The number of amides is 1. The largest absolute Gasteiger partial charge is 0.501 e. The van der Waals surface area contributed by atoms with E-state index < -0.39 is 64.1 Å². The summed E-state index contributed by atoms with van der Waals surface area (Å²) in [5.74, 6) is -3.38. The van der Waals surface area contributed by atoms with Crippen molar-refractivity contribution in [1.29, 1.82) is 0 Å². The number of ether oxygens (including phenoxy) is 1. The highest BCUT2D eigenvalue weighted by molar-refractivity contribution is 7.99. The number of rotatable bonds is 16. The number of morpholine rings is 1. The number of alkyl halides is 5. The van der Waals surface area contributed by atoms with E-state index in [9.17, 15) is 43.6 Å². The zero-order chi connectivity index (χ0) is 47.6. The van der Waals surface area contributed by atoms with E-state index in [0.29, 0.717) is 108 Å². The molecule has 2 saturated heterocycles. The number of thioether (sulfide) groups is 1. The summed E-state index contributed by atoms with van der Waals surface area (Å²) in [6.45, 7) is 5.98. The van der Waals surface area contributed by atoms with Crippen molar-refractivity contribution in [1.82, 2.24) is 14.5 Å². The number of nitrogens with one attached hydrogen (secondary N) is 2. The van der Waals surface area contributed by atoms with Crippen LogP contribution in [0, 0.1) is 5.41 Å². The van der Waals surface area contributed by atoms with Gasteiger partial charge >= 0.3 is 5.51 Å². The van der Waals surface area contributed by atoms with Crippen molar-refractivity contribution in [2.75, 3.05) is 81.5 Å². The molecule has 360 valence electrons. The zero-order valence-corrected chi connectivity index (χ0v) is 39.6. The number of hydrogen-bond donors (Lipinski definition) is 2. The smallest absolute Gasteiger partial charge is 0.380 e. The van der Waals surface area contributed by atoms with Crippen LogP contribution in [-0.2, 0) is 24.6 Å². The summed E-state index contributed by atoms with van der Waals surface area (Å²) in [7, 11) is -11.0. The number of allylic oxidation sites excluding steroid dienone is 1. The second-order valence-electron chi connectivity index (χ2n) is 17.5. The van der Waals surface area contributed by atoms with E-state index in [2.05, 4.69) is 20.0 Å². The van der Waals surface area contributed by atoms with Gasteiger partial charge in [0.1, 0.15) is 4.90 Å². The quantitative estimate of drug-likeness (QED) is 0.0826. The van der Waals surface area contributed by atoms with Gasteiger partial charge in [0.15, 0.2) is 0 Å². The van der Waals surface area contributed by atoms with Crippen molar-refractivity contribution in [3.63, 3.8) is 0 Å². The number of hydrogen-bond acceptors (Lipinski definition) is 11. The minimum absolute atomic E-state index is 0.0591. The van der Waals surface area contributed by atoms with Crippen LogP contribution in [-0.4, -0.2) is 121 Å². The van der Waals surface area contributed by atoms with Crippen molar-refractivity contribution in [3.05, 3.63) is 119 Å². The lowest BCUT2D eigenvalue weighted by Gasteiger charge is -2.38. The molecular weight excluding hydrogens is 957 g/mol. The summed E-state index contributed by atoms with van der Waals surface area (Å²) >= 11 is 7.57. The van der Waals surface area contributed by atoms with E-state index in [-0.39, 0.29) is 12.0 Å². The second kappa shape index (κ2) is 20.0. The maximum absolute atomic E-state index is 14.6. The first-order valence-corrected chi connectivity index (χ1v) is 26.3. The molecule has 2 aliphatic heterocycles. The topological polar surface area (TPSA) is 128 Å². The second-order valence-corrected chi connectivity index (χ2v) is 22.6. The lowest BCUT2D eigenvalue weighted by atomic mass is 9.78. The number of sulfone groups is 1. The van der Waals surface area contributed by atoms with Gasteiger partial charge in [-0.2, -0.15) is 13.2 Å². The third-order valence-electron chi connectivity index (χ3n) is 13.1. The standard InChI is InChI=1S/C47H51ClF5N5O6S3/c48-36-10-6-33(7-11-36)41-16-18-45(32-46(45,49)50)29-35(41)30-57-20-22-58(23-21-57)38-12-8-34(9-13-38)44(59)55-67(62,63)40-14-15-42(43(28-40)66(60,61)47(51,52)53)54-37(17-19-56-24-26-64-27-25-56)31-65-39-4-2-1-3-5-39/h1-15,28,37,54H,16-27,29-32H2,(H,55,59)/t37-,45?/m1/s1. The van der Waals surface area contributed by atoms with Gasteiger partial charge in [0.05, 0.1) is 23.8 Å². The average Bonchev–Trinajstić information content (AvgIpc) is 3.84. The molecule has 2 heterocycles. The van der Waals surface area contributed by atoms with Crippen molar-refractivity contribution in [3.8, 4) is 0 Å². The summed E-state index contributed by atoms with van der Waals surface area (Å²) in [6.07, 6.45) is 1.70. The first-order chi connectivity index (χ1) is 31.8. The summed E-state index contributed by atoms with van der Waals surface area (Å²) in [4.78, 5) is 18.6. The first kappa shape index (κ1) is 49.2. The van der Waals surface area contributed by atoms with E-state index in [1.54, 1.807) is 12.1 Å². The Hall–Kier alpha value is -4.24. The average molecular weight is 1010 g/mol. The van der Waals surface area contributed by atoms with Gasteiger partial charge in [0.2, 0.25) is 0 Å². The Morgan fingerprint density at radius 1 is 0.851 bits per heavy atom. The molecule has 3 fully saturated rings. The van der Waals surface area contributed by atoms with Crippen molar-refractivity contribution in [2.24, 2.45) is 5.41 Å². The van der Waals surface area contributed by atoms with Crippen LogP contribution in [0.25, 0.3) is 5.57 Å². The van der Waals surface area contributed by atoms with Gasteiger partial charge < -0.3 is 15.0 Å². The minimum Gasteiger partial charge on any atom is -0.380 e. The summed E-state index contributed by atoms with van der Waals surface area (Å²) in [6, 6.07) is 24.8. The number of carbonyl (C=O) groups is 1. The van der Waals surface area contributed by atoms with Crippen molar-refractivity contribution < 1.29 is 48.3 Å². The molecule has 1 amide bonds. The van der Waals surface area contributed by atoms with E-state index in [0.717, 1.165) is 39.4 Å². The molecule has 11 nitrogen and oxygen atoms in total. The van der Waals surface area contributed by atoms with E-state index in [1.807, 2.05) is 59.3 Å². The lowest BCUT2D eigenvalue weighted by molar-refractivity contribution is -0.0436. The van der Waals surface area contributed by atoms with Gasteiger partial charge in [0.25, 0.3) is 31.7 Å². The number of sulfonamides is 1. The molecule has 1 unspecified atom stereocenters. The number of halogens is 6. The predicted octanol–water partition coefficient (Wildman–Crippen LogP) is 8.83. The fourth-order valence-electron chi connectivity index (χ4n) is 9.07. The molecule has 20 heteroatoms. The SMILES string of the molecule is O=C(NS(=O)(=O)c1ccc(N[C@H](CCN2CCOCC2)CSc2ccccc2)c(S(=O)(=O)C(F)(F)F)c1)c1ccc(N2CCN(CC3=C(c4ccc(Cl)cc4)CCC4(C3)CC4(F)F)CC2)cc1. The minimum atomic E-state index is -6.08. The Morgan fingerprint density at radius 3 is 2.16 bits per heavy atom. The monoisotopic (exact) mass is 1010 g/mol. The molecule has 0 radical (unpaired) electrons. The molecule has 2 N–H and O–H groups in total. The maximum atomic E-state index is 14.6. The number of benzene rings is 4. The summed E-state index contributed by atoms with van der Waals surface area (Å²) in [5.41, 5.74) is -3.36. The molecule has 1 saturated carbocycles. The highest BCUT2D eigenvalue weighted by atomic mass is 35.5. The Bertz CT molecular complexity index is 2670. The van der Waals surface area contributed by atoms with Gasteiger partial charge in [-0.15, -0.1) is 11.8 Å². The maximum Gasteiger partial charge on any atom is 0.501 e. The number of nitrogens with zero attached hydrogens (tertiary/aromatic N) is 3. The van der Waals surface area contributed by atoms with Gasteiger partial charge in [-0.1, -0.05) is 47.5 Å². The molecule has 0 aromatic heterocycles. The van der Waals surface area contributed by atoms with E-state index in [4.69, 9.17) is 16.3 Å². The normalized spacial score (nSPS) is 21.0. The Balaban J connectivity index is 0.928. The molecule has 0 bridgehead atoms. The molecule has 4 aromatic rings. The van der Waals surface area contributed by atoms with E-state index in [1.165, 1.54) is 23.9 Å². The van der Waals surface area contributed by atoms with Crippen LogP contribution >= 0.6 is 23.4 Å². The van der Waals surface area contributed by atoms with E-state index >= 15 is 0 Å². The Labute approximate surface area is 397 Å². The highest BCUT2D eigenvalue weighted by Gasteiger charge is 2.70. The number of carbonyl (C=O) groups excluding carboxylic acids is 1. The molecule has 67 heavy (non-hydrogen) atoms. The first-order valence-electron chi connectivity index (χ1n) is 22.0.